The molecular weight excluding hydrogens is 258 g/mol. The Morgan fingerprint density at radius 2 is 2.00 bits per heavy atom. The summed E-state index contributed by atoms with van der Waals surface area (Å²) in [4.78, 5) is 15.1. The summed E-state index contributed by atoms with van der Waals surface area (Å²) in [7, 11) is 5.73. The Balaban J connectivity index is 2.21. The number of ether oxygens (including phenoxy) is 1. The molecule has 2 rings (SSSR count). The molecule has 20 heavy (non-hydrogen) atoms. The van der Waals surface area contributed by atoms with E-state index in [9.17, 15) is 10.1 Å². The Morgan fingerprint density at radius 3 is 2.50 bits per heavy atom. The Labute approximate surface area is 119 Å². The molecule has 0 saturated carbocycles. The average molecular weight is 279 g/mol. The summed E-state index contributed by atoms with van der Waals surface area (Å²) in [6.07, 6.45) is 2.03. The van der Waals surface area contributed by atoms with E-state index in [4.69, 9.17) is 4.74 Å². The van der Waals surface area contributed by atoms with Crippen LogP contribution in [0.3, 0.4) is 0 Å². The van der Waals surface area contributed by atoms with Crippen molar-refractivity contribution in [2.24, 2.45) is 0 Å². The maximum absolute atomic E-state index is 11.2. The highest BCUT2D eigenvalue weighted by Crippen LogP contribution is 2.34. The fraction of sp³-hybridized carbons (Fsp3) is 0.571. The van der Waals surface area contributed by atoms with Crippen LogP contribution >= 0.6 is 0 Å². The van der Waals surface area contributed by atoms with Gasteiger partial charge in [0.2, 0.25) is 0 Å². The number of rotatable bonds is 4. The monoisotopic (exact) mass is 279 g/mol. The fourth-order valence-corrected chi connectivity index (χ4v) is 2.66. The number of hydrogen-bond acceptors (Lipinski definition) is 5. The molecule has 1 fully saturated rings. The Kier molecular flexibility index (Phi) is 4.44. The molecule has 0 unspecified atom stereocenters. The van der Waals surface area contributed by atoms with Crippen molar-refractivity contribution >= 4 is 11.4 Å². The Bertz CT molecular complexity index is 483. The number of nitrogens with zero attached hydrogens (tertiary/aromatic N) is 3. The van der Waals surface area contributed by atoms with Crippen molar-refractivity contribution < 1.29 is 9.66 Å². The standard InChI is InChI=1S/C14H21N3O3/c1-15(2)11-6-8-16(9-7-11)14-10-12(20-3)4-5-13(14)17(18)19/h4-5,10-11H,6-9H2,1-3H3. The summed E-state index contributed by atoms with van der Waals surface area (Å²) in [5.41, 5.74) is 0.806. The van der Waals surface area contributed by atoms with E-state index in [2.05, 4.69) is 23.9 Å². The van der Waals surface area contributed by atoms with E-state index in [1.165, 1.54) is 6.07 Å². The molecule has 110 valence electrons. The van der Waals surface area contributed by atoms with Crippen molar-refractivity contribution in [1.82, 2.24) is 4.90 Å². The highest BCUT2D eigenvalue weighted by atomic mass is 16.6. The van der Waals surface area contributed by atoms with Crippen LogP contribution in [-0.2, 0) is 0 Å². The maximum Gasteiger partial charge on any atom is 0.292 e. The van der Waals surface area contributed by atoms with Gasteiger partial charge in [-0.25, -0.2) is 0 Å². The van der Waals surface area contributed by atoms with Crippen LogP contribution in [0.15, 0.2) is 18.2 Å². The van der Waals surface area contributed by atoms with Crippen molar-refractivity contribution in [2.45, 2.75) is 18.9 Å². The van der Waals surface area contributed by atoms with Crippen LogP contribution in [0.2, 0.25) is 0 Å². The summed E-state index contributed by atoms with van der Waals surface area (Å²) in [6.45, 7) is 1.66. The molecule has 0 bridgehead atoms. The van der Waals surface area contributed by atoms with Crippen LogP contribution < -0.4 is 9.64 Å². The lowest BCUT2D eigenvalue weighted by Crippen LogP contribution is -2.42. The second-order valence-corrected chi connectivity index (χ2v) is 5.29. The van der Waals surface area contributed by atoms with Crippen molar-refractivity contribution in [3.63, 3.8) is 0 Å². The molecule has 0 amide bonds. The first-order chi connectivity index (χ1) is 9.52. The number of piperidine rings is 1. The molecule has 0 aliphatic carbocycles. The fourth-order valence-electron chi connectivity index (χ4n) is 2.66. The van der Waals surface area contributed by atoms with E-state index < -0.39 is 0 Å². The van der Waals surface area contributed by atoms with Gasteiger partial charge in [0, 0.05) is 31.3 Å². The van der Waals surface area contributed by atoms with E-state index in [1.54, 1.807) is 19.2 Å². The van der Waals surface area contributed by atoms with Crippen LogP contribution in [-0.4, -0.2) is 50.2 Å². The minimum atomic E-state index is -0.327. The molecule has 6 heteroatoms. The first kappa shape index (κ1) is 14.6. The van der Waals surface area contributed by atoms with E-state index in [-0.39, 0.29) is 10.6 Å². The summed E-state index contributed by atoms with van der Waals surface area (Å²) in [6, 6.07) is 5.46. The lowest BCUT2D eigenvalue weighted by Gasteiger charge is -2.36. The normalized spacial score (nSPS) is 16.5. The van der Waals surface area contributed by atoms with E-state index >= 15 is 0 Å². The van der Waals surface area contributed by atoms with Crippen LogP contribution in [0, 0.1) is 10.1 Å². The molecular formula is C14H21N3O3. The van der Waals surface area contributed by atoms with Gasteiger partial charge in [-0.3, -0.25) is 10.1 Å². The van der Waals surface area contributed by atoms with Gasteiger partial charge in [0.15, 0.2) is 0 Å². The first-order valence-electron chi connectivity index (χ1n) is 6.76. The molecule has 0 aromatic heterocycles. The van der Waals surface area contributed by atoms with Gasteiger partial charge in [-0.2, -0.15) is 0 Å². The van der Waals surface area contributed by atoms with Gasteiger partial charge < -0.3 is 14.5 Å². The first-order valence-corrected chi connectivity index (χ1v) is 6.76. The SMILES string of the molecule is COc1ccc([N+](=O)[O-])c(N2CCC(N(C)C)CC2)c1. The second-order valence-electron chi connectivity index (χ2n) is 5.29. The van der Waals surface area contributed by atoms with Crippen molar-refractivity contribution in [3.05, 3.63) is 28.3 Å². The van der Waals surface area contributed by atoms with Crippen molar-refractivity contribution in [1.29, 1.82) is 0 Å². The lowest BCUT2D eigenvalue weighted by atomic mass is 10.0. The summed E-state index contributed by atoms with van der Waals surface area (Å²) >= 11 is 0. The average Bonchev–Trinajstić information content (AvgIpc) is 2.46. The Morgan fingerprint density at radius 1 is 1.35 bits per heavy atom. The summed E-state index contributed by atoms with van der Waals surface area (Å²) in [5.74, 6) is 0.653. The zero-order valence-electron chi connectivity index (χ0n) is 12.2. The largest absolute Gasteiger partial charge is 0.497 e. The van der Waals surface area contributed by atoms with E-state index in [0.717, 1.165) is 25.9 Å². The minimum Gasteiger partial charge on any atom is -0.497 e. The zero-order valence-corrected chi connectivity index (χ0v) is 12.2. The molecule has 0 N–H and O–H groups in total. The number of nitro benzene ring substituents is 1. The summed E-state index contributed by atoms with van der Waals surface area (Å²) in [5, 5.41) is 11.2. The van der Waals surface area contributed by atoms with Crippen LogP contribution in [0.25, 0.3) is 0 Å². The number of nitro groups is 1. The molecule has 1 saturated heterocycles. The second kappa shape index (κ2) is 6.09. The molecule has 0 atom stereocenters. The maximum atomic E-state index is 11.2. The Hall–Kier alpha value is -1.82. The zero-order chi connectivity index (χ0) is 14.7. The lowest BCUT2D eigenvalue weighted by molar-refractivity contribution is -0.384. The van der Waals surface area contributed by atoms with Crippen LogP contribution in [0.5, 0.6) is 5.75 Å². The smallest absolute Gasteiger partial charge is 0.292 e. The summed E-state index contributed by atoms with van der Waals surface area (Å²) < 4.78 is 5.18. The van der Waals surface area contributed by atoms with Gasteiger partial charge in [-0.1, -0.05) is 0 Å². The molecule has 6 nitrogen and oxygen atoms in total. The van der Waals surface area contributed by atoms with Gasteiger partial charge in [-0.15, -0.1) is 0 Å². The van der Waals surface area contributed by atoms with Crippen LogP contribution in [0.1, 0.15) is 12.8 Å². The number of methoxy groups -OCH3 is 1. The number of hydrogen-bond donors (Lipinski definition) is 0. The topological polar surface area (TPSA) is 58.9 Å². The molecule has 1 aliphatic rings. The molecule has 1 aliphatic heterocycles. The third kappa shape index (κ3) is 3.01. The highest BCUT2D eigenvalue weighted by Gasteiger charge is 2.26. The molecule has 1 heterocycles. The van der Waals surface area contributed by atoms with Gasteiger partial charge in [0.1, 0.15) is 11.4 Å². The van der Waals surface area contributed by atoms with E-state index in [0.29, 0.717) is 17.5 Å². The molecule has 0 spiro atoms. The molecule has 1 aromatic rings. The van der Waals surface area contributed by atoms with Gasteiger partial charge in [0.05, 0.1) is 12.0 Å². The predicted octanol–water partition coefficient (Wildman–Crippen LogP) is 2.13. The van der Waals surface area contributed by atoms with Gasteiger partial charge in [0.25, 0.3) is 5.69 Å². The van der Waals surface area contributed by atoms with Gasteiger partial charge in [-0.05, 0) is 33.0 Å². The molecule has 1 aromatic carbocycles. The number of anilines is 1. The van der Waals surface area contributed by atoms with Crippen molar-refractivity contribution in [2.75, 3.05) is 39.2 Å². The van der Waals surface area contributed by atoms with Crippen molar-refractivity contribution in [3.8, 4) is 5.75 Å². The van der Waals surface area contributed by atoms with Gasteiger partial charge >= 0.3 is 0 Å². The quantitative estimate of drug-likeness (QED) is 0.624. The third-order valence-electron chi connectivity index (χ3n) is 3.91. The molecule has 0 radical (unpaired) electrons. The van der Waals surface area contributed by atoms with Crippen LogP contribution in [0.4, 0.5) is 11.4 Å². The van der Waals surface area contributed by atoms with E-state index in [1.807, 2.05) is 0 Å². The minimum absolute atomic E-state index is 0.147. The predicted molar refractivity (Wildman–Crippen MR) is 78.6 cm³/mol. The number of benzene rings is 1. The highest BCUT2D eigenvalue weighted by molar-refractivity contribution is 5.66. The third-order valence-corrected chi connectivity index (χ3v) is 3.91.